The third-order valence-electron chi connectivity index (χ3n) is 4.36. The van der Waals surface area contributed by atoms with E-state index in [0.717, 1.165) is 41.8 Å². The van der Waals surface area contributed by atoms with Crippen molar-refractivity contribution in [1.82, 2.24) is 0 Å². The van der Waals surface area contributed by atoms with E-state index in [1.807, 2.05) is 24.3 Å². The van der Waals surface area contributed by atoms with Crippen LogP contribution in [0.25, 0.3) is 0 Å². The molecular weight excluding hydrogens is 329 g/mol. The minimum absolute atomic E-state index is 0.588. The smallest absolute Gasteiger partial charge is 0.0655 e. The third-order valence-corrected chi connectivity index (χ3v) is 4.91. The second kappa shape index (κ2) is 6.90. The fourth-order valence-electron chi connectivity index (χ4n) is 2.92. The van der Waals surface area contributed by atoms with Gasteiger partial charge in [0.1, 0.15) is 0 Å². The Bertz CT molecular complexity index is 695. The number of rotatable bonds is 3. The molecule has 3 nitrogen and oxygen atoms in total. The molecule has 1 aliphatic heterocycles. The molecule has 0 aromatic heterocycles. The van der Waals surface area contributed by atoms with Crippen LogP contribution in [0, 0.1) is 5.92 Å². The summed E-state index contributed by atoms with van der Waals surface area (Å²) in [5.74, 6) is 0.806. The summed E-state index contributed by atoms with van der Waals surface area (Å²) in [6.07, 6.45) is 2.44. The lowest BCUT2D eigenvalue weighted by Gasteiger charge is -2.33. The van der Waals surface area contributed by atoms with E-state index in [1.54, 1.807) is 6.07 Å². The van der Waals surface area contributed by atoms with E-state index in [2.05, 4.69) is 23.2 Å². The molecule has 0 saturated carbocycles. The van der Waals surface area contributed by atoms with Crippen molar-refractivity contribution >= 4 is 46.0 Å². The van der Waals surface area contributed by atoms with Gasteiger partial charge in [-0.2, -0.15) is 0 Å². The Labute approximate surface area is 147 Å². The normalized spacial score (nSPS) is 15.7. The number of benzene rings is 2. The van der Waals surface area contributed by atoms with Gasteiger partial charge in [0.2, 0.25) is 0 Å². The predicted octanol–water partition coefficient (Wildman–Crippen LogP) is 5.56. The van der Waals surface area contributed by atoms with Crippen LogP contribution in [0.4, 0.5) is 22.7 Å². The molecule has 23 heavy (non-hydrogen) atoms. The van der Waals surface area contributed by atoms with Gasteiger partial charge in [-0.3, -0.25) is 0 Å². The summed E-state index contributed by atoms with van der Waals surface area (Å²) in [6.45, 7) is 4.45. The highest BCUT2D eigenvalue weighted by molar-refractivity contribution is 6.36. The average Bonchev–Trinajstić information content (AvgIpc) is 2.51. The van der Waals surface area contributed by atoms with Crippen LogP contribution in [-0.4, -0.2) is 13.1 Å². The lowest BCUT2D eigenvalue weighted by molar-refractivity contribution is 0.439. The number of nitrogens with two attached hydrogens (primary N) is 1. The molecule has 0 radical (unpaired) electrons. The Kier molecular flexibility index (Phi) is 4.88. The van der Waals surface area contributed by atoms with Crippen molar-refractivity contribution < 1.29 is 0 Å². The molecule has 1 saturated heterocycles. The number of anilines is 4. The highest BCUT2D eigenvalue weighted by atomic mass is 35.5. The van der Waals surface area contributed by atoms with Crippen molar-refractivity contribution in [1.29, 1.82) is 0 Å². The Morgan fingerprint density at radius 1 is 1.09 bits per heavy atom. The molecule has 1 heterocycles. The highest BCUT2D eigenvalue weighted by Crippen LogP contribution is 2.33. The second-order valence-electron chi connectivity index (χ2n) is 6.19. The number of nitrogens with zero attached hydrogens (tertiary/aromatic N) is 1. The van der Waals surface area contributed by atoms with E-state index in [0.29, 0.717) is 10.0 Å². The lowest BCUT2D eigenvalue weighted by Crippen LogP contribution is -2.33. The second-order valence-corrected chi connectivity index (χ2v) is 7.04. The number of hydrogen-bond acceptors (Lipinski definition) is 3. The first-order valence-corrected chi connectivity index (χ1v) is 8.65. The number of nitrogens with one attached hydrogen (secondary N) is 1. The highest BCUT2D eigenvalue weighted by Gasteiger charge is 2.17. The molecule has 3 rings (SSSR count). The summed E-state index contributed by atoms with van der Waals surface area (Å²) in [6, 6.07) is 11.5. The van der Waals surface area contributed by atoms with Crippen LogP contribution in [0.5, 0.6) is 0 Å². The predicted molar refractivity (Wildman–Crippen MR) is 101 cm³/mol. The Hall–Kier alpha value is -1.58. The summed E-state index contributed by atoms with van der Waals surface area (Å²) in [4.78, 5) is 2.37. The molecule has 0 atom stereocenters. The zero-order valence-corrected chi connectivity index (χ0v) is 14.7. The van der Waals surface area contributed by atoms with Crippen LogP contribution in [0.2, 0.25) is 10.0 Å². The van der Waals surface area contributed by atoms with E-state index in [-0.39, 0.29) is 0 Å². The largest absolute Gasteiger partial charge is 0.397 e. The Morgan fingerprint density at radius 3 is 2.48 bits per heavy atom. The van der Waals surface area contributed by atoms with E-state index in [1.165, 1.54) is 12.8 Å². The third kappa shape index (κ3) is 3.85. The minimum atomic E-state index is 0.588. The lowest BCUT2D eigenvalue weighted by atomic mass is 9.98. The maximum atomic E-state index is 6.27. The summed E-state index contributed by atoms with van der Waals surface area (Å²) < 4.78 is 0. The molecule has 3 N–H and O–H groups in total. The fraction of sp³-hybridized carbons (Fsp3) is 0.333. The molecule has 0 amide bonds. The van der Waals surface area contributed by atoms with E-state index < -0.39 is 0 Å². The van der Waals surface area contributed by atoms with Crippen molar-refractivity contribution in [2.75, 3.05) is 29.0 Å². The van der Waals surface area contributed by atoms with Gasteiger partial charge in [0.25, 0.3) is 0 Å². The first kappa shape index (κ1) is 16.3. The van der Waals surface area contributed by atoms with Crippen molar-refractivity contribution in [3.05, 3.63) is 46.4 Å². The van der Waals surface area contributed by atoms with Crippen LogP contribution in [0.15, 0.2) is 36.4 Å². The van der Waals surface area contributed by atoms with Gasteiger partial charge >= 0.3 is 0 Å². The van der Waals surface area contributed by atoms with Gasteiger partial charge in [0.05, 0.1) is 22.1 Å². The molecule has 2 aromatic carbocycles. The van der Waals surface area contributed by atoms with Gasteiger partial charge in [-0.15, -0.1) is 0 Å². The quantitative estimate of drug-likeness (QED) is 0.713. The molecular formula is C18H21Cl2N3. The SMILES string of the molecule is CC1CCN(c2ccc(Nc3ccc(Cl)cc3Cl)cc2N)CC1. The molecule has 0 bridgehead atoms. The number of halogens is 2. The first-order chi connectivity index (χ1) is 11.0. The Balaban J connectivity index is 1.76. The van der Waals surface area contributed by atoms with Gasteiger partial charge in [0.15, 0.2) is 0 Å². The van der Waals surface area contributed by atoms with Crippen LogP contribution in [0.1, 0.15) is 19.8 Å². The van der Waals surface area contributed by atoms with Gasteiger partial charge in [-0.25, -0.2) is 0 Å². The molecule has 0 aliphatic carbocycles. The van der Waals surface area contributed by atoms with Crippen LogP contribution < -0.4 is 16.0 Å². The summed E-state index contributed by atoms with van der Waals surface area (Å²) in [5, 5.41) is 4.50. The molecule has 5 heteroatoms. The van der Waals surface area contributed by atoms with E-state index in [9.17, 15) is 0 Å². The summed E-state index contributed by atoms with van der Waals surface area (Å²) >= 11 is 12.1. The van der Waals surface area contributed by atoms with Gasteiger partial charge in [-0.1, -0.05) is 30.1 Å². The van der Waals surface area contributed by atoms with E-state index >= 15 is 0 Å². The topological polar surface area (TPSA) is 41.3 Å². The van der Waals surface area contributed by atoms with Crippen molar-refractivity contribution in [3.8, 4) is 0 Å². The van der Waals surface area contributed by atoms with Crippen LogP contribution in [-0.2, 0) is 0 Å². The summed E-state index contributed by atoms with van der Waals surface area (Å²) in [5.41, 5.74) is 9.90. The molecule has 122 valence electrons. The number of piperidine rings is 1. The van der Waals surface area contributed by atoms with Gasteiger partial charge in [0, 0.05) is 23.8 Å². The minimum Gasteiger partial charge on any atom is -0.397 e. The Morgan fingerprint density at radius 2 is 1.83 bits per heavy atom. The van der Waals surface area contributed by atoms with Gasteiger partial charge < -0.3 is 16.0 Å². The zero-order valence-electron chi connectivity index (χ0n) is 13.2. The molecule has 1 aliphatic rings. The standard InChI is InChI=1S/C18H21Cl2N3/c1-12-6-8-23(9-7-12)18-5-3-14(11-16(18)21)22-17-4-2-13(19)10-15(17)20/h2-5,10-12,22H,6-9,21H2,1H3. The number of nitrogen functional groups attached to an aromatic ring is 1. The molecule has 2 aromatic rings. The molecule has 0 unspecified atom stereocenters. The van der Waals surface area contributed by atoms with Crippen LogP contribution in [0.3, 0.4) is 0 Å². The van der Waals surface area contributed by atoms with Crippen molar-refractivity contribution in [3.63, 3.8) is 0 Å². The van der Waals surface area contributed by atoms with Crippen molar-refractivity contribution in [2.24, 2.45) is 5.92 Å². The summed E-state index contributed by atoms with van der Waals surface area (Å²) in [7, 11) is 0. The van der Waals surface area contributed by atoms with E-state index in [4.69, 9.17) is 28.9 Å². The first-order valence-electron chi connectivity index (χ1n) is 7.89. The number of hydrogen-bond donors (Lipinski definition) is 2. The molecule has 1 fully saturated rings. The van der Waals surface area contributed by atoms with Crippen LogP contribution >= 0.6 is 23.2 Å². The zero-order chi connectivity index (χ0) is 16.4. The van der Waals surface area contributed by atoms with Crippen molar-refractivity contribution in [2.45, 2.75) is 19.8 Å². The van der Waals surface area contributed by atoms with Gasteiger partial charge in [-0.05, 0) is 55.2 Å². The maximum Gasteiger partial charge on any atom is 0.0655 e. The monoisotopic (exact) mass is 349 g/mol. The fourth-order valence-corrected chi connectivity index (χ4v) is 3.37. The average molecular weight is 350 g/mol. The maximum absolute atomic E-state index is 6.27. The molecule has 0 spiro atoms.